The van der Waals surface area contributed by atoms with E-state index in [9.17, 15) is 14.4 Å². The predicted molar refractivity (Wildman–Crippen MR) is 134 cm³/mol. The highest BCUT2D eigenvalue weighted by molar-refractivity contribution is 7.17. The number of fused-ring (bicyclic) bond motifs is 1. The molecule has 0 aliphatic carbocycles. The Labute approximate surface area is 202 Å². The maximum Gasteiger partial charge on any atom is 0.331 e. The number of hydrogen-bond donors (Lipinski definition) is 1. The van der Waals surface area contributed by atoms with Crippen molar-refractivity contribution in [3.8, 4) is 11.3 Å². The highest BCUT2D eigenvalue weighted by atomic mass is 32.1. The van der Waals surface area contributed by atoms with E-state index in [2.05, 4.69) is 25.2 Å². The number of hydrogen-bond acceptors (Lipinski definition) is 9. The molecule has 0 radical (unpaired) electrons. The third-order valence-electron chi connectivity index (χ3n) is 5.92. The lowest BCUT2D eigenvalue weighted by Crippen LogP contribution is -2.36. The Bertz CT molecular complexity index is 1480. The van der Waals surface area contributed by atoms with E-state index in [0.717, 1.165) is 42.0 Å². The van der Waals surface area contributed by atoms with E-state index in [0.29, 0.717) is 26.6 Å². The van der Waals surface area contributed by atoms with Crippen molar-refractivity contribution in [3.63, 3.8) is 0 Å². The molecule has 12 heteroatoms. The van der Waals surface area contributed by atoms with Gasteiger partial charge in [0.05, 0.1) is 17.5 Å². The minimum absolute atomic E-state index is 0.00992. The fourth-order valence-corrected chi connectivity index (χ4v) is 5.83. The van der Waals surface area contributed by atoms with E-state index in [-0.39, 0.29) is 12.3 Å². The first kappa shape index (κ1) is 22.4. The molecular formula is C22H23N7O3S2. The molecule has 0 spiro atoms. The second-order valence-corrected chi connectivity index (χ2v) is 9.95. The van der Waals surface area contributed by atoms with Crippen LogP contribution in [0.25, 0.3) is 21.5 Å². The van der Waals surface area contributed by atoms with Gasteiger partial charge in [-0.3, -0.25) is 18.7 Å². The van der Waals surface area contributed by atoms with Crippen molar-refractivity contribution in [1.82, 2.24) is 24.1 Å². The number of anilines is 2. The summed E-state index contributed by atoms with van der Waals surface area (Å²) < 4.78 is 2.48. The van der Waals surface area contributed by atoms with Gasteiger partial charge in [-0.1, -0.05) is 0 Å². The van der Waals surface area contributed by atoms with Crippen molar-refractivity contribution < 1.29 is 4.79 Å². The Morgan fingerprint density at radius 1 is 1.03 bits per heavy atom. The highest BCUT2D eigenvalue weighted by Crippen LogP contribution is 2.26. The van der Waals surface area contributed by atoms with Gasteiger partial charge in [0.2, 0.25) is 11.9 Å². The van der Waals surface area contributed by atoms with Gasteiger partial charge < -0.3 is 10.2 Å². The topological polar surface area (TPSA) is 115 Å². The van der Waals surface area contributed by atoms with Crippen LogP contribution in [0.15, 0.2) is 32.7 Å². The molecule has 0 atom stereocenters. The van der Waals surface area contributed by atoms with Crippen molar-refractivity contribution in [1.29, 1.82) is 0 Å². The molecule has 1 amide bonds. The number of piperidine rings is 1. The number of carbonyl (C=O) groups is 1. The van der Waals surface area contributed by atoms with Crippen molar-refractivity contribution in [2.75, 3.05) is 23.3 Å². The molecule has 34 heavy (non-hydrogen) atoms. The minimum Gasteiger partial charge on any atom is -0.341 e. The van der Waals surface area contributed by atoms with Gasteiger partial charge in [0.1, 0.15) is 4.83 Å². The molecule has 1 aliphatic rings. The molecule has 0 bridgehead atoms. The van der Waals surface area contributed by atoms with Crippen LogP contribution in [0.5, 0.6) is 0 Å². The summed E-state index contributed by atoms with van der Waals surface area (Å²) in [6.07, 6.45) is 7.10. The fraction of sp³-hybridized carbons (Fsp3) is 0.364. The molecule has 4 aromatic heterocycles. The zero-order valence-electron chi connectivity index (χ0n) is 18.8. The first-order valence-corrected chi connectivity index (χ1v) is 12.7. The van der Waals surface area contributed by atoms with Gasteiger partial charge in [-0.05, 0) is 30.2 Å². The van der Waals surface area contributed by atoms with Crippen LogP contribution < -0.4 is 21.5 Å². The second kappa shape index (κ2) is 9.11. The molecule has 0 aromatic carbocycles. The third-order valence-corrected chi connectivity index (χ3v) is 7.78. The summed E-state index contributed by atoms with van der Waals surface area (Å²) >= 11 is 2.59. The number of carbonyl (C=O) groups excluding carboxylic acids is 1. The molecule has 1 fully saturated rings. The second-order valence-electron chi connectivity index (χ2n) is 8.23. The first-order chi connectivity index (χ1) is 16.4. The highest BCUT2D eigenvalue weighted by Gasteiger charge is 2.18. The molecular weight excluding hydrogens is 474 g/mol. The molecule has 1 saturated heterocycles. The predicted octanol–water partition coefficient (Wildman–Crippen LogP) is 2.38. The van der Waals surface area contributed by atoms with Crippen LogP contribution in [-0.4, -0.2) is 43.1 Å². The van der Waals surface area contributed by atoms with Gasteiger partial charge in [-0.25, -0.2) is 19.7 Å². The number of aromatic nitrogens is 5. The van der Waals surface area contributed by atoms with Crippen LogP contribution in [0.2, 0.25) is 0 Å². The van der Waals surface area contributed by atoms with E-state index in [1.54, 1.807) is 24.8 Å². The van der Waals surface area contributed by atoms with Crippen molar-refractivity contribution in [3.05, 3.63) is 49.6 Å². The Morgan fingerprint density at radius 2 is 1.76 bits per heavy atom. The van der Waals surface area contributed by atoms with Crippen LogP contribution in [0.4, 0.5) is 11.1 Å². The molecule has 10 nitrogen and oxygen atoms in total. The van der Waals surface area contributed by atoms with E-state index in [1.165, 1.54) is 40.7 Å². The zero-order chi connectivity index (χ0) is 23.8. The van der Waals surface area contributed by atoms with Crippen LogP contribution in [0.3, 0.4) is 0 Å². The summed E-state index contributed by atoms with van der Waals surface area (Å²) in [7, 11) is 3.05. The van der Waals surface area contributed by atoms with Gasteiger partial charge >= 0.3 is 5.69 Å². The fourth-order valence-electron chi connectivity index (χ4n) is 4.07. The van der Waals surface area contributed by atoms with E-state index < -0.39 is 11.2 Å². The normalized spacial score (nSPS) is 14.0. The van der Waals surface area contributed by atoms with Gasteiger partial charge in [0.25, 0.3) is 5.56 Å². The Morgan fingerprint density at radius 3 is 2.50 bits per heavy atom. The standard InChI is InChI=1S/C22H23N7O3S2/c1-27-18(31)17-13(11-33-19(17)28(2)22(27)32)8-16(30)26-21-25-15(12-34-21)14-9-23-20(24-10-14)29-6-4-3-5-7-29/h9-12H,3-8H2,1-2H3,(H,25,26,30). The maximum absolute atomic E-state index is 12.7. The molecule has 5 rings (SSSR count). The number of aryl methyl sites for hydroxylation is 1. The zero-order valence-corrected chi connectivity index (χ0v) is 20.4. The smallest absolute Gasteiger partial charge is 0.331 e. The molecule has 0 unspecified atom stereocenters. The SMILES string of the molecule is Cn1c(=O)c2c(CC(=O)Nc3nc(-c4cnc(N5CCCCC5)nc4)cs3)csc2n(C)c1=O. The van der Waals surface area contributed by atoms with E-state index in [1.807, 2.05) is 5.38 Å². The molecule has 4 aromatic rings. The lowest BCUT2D eigenvalue weighted by atomic mass is 10.1. The maximum atomic E-state index is 12.7. The number of thiazole rings is 1. The third kappa shape index (κ3) is 4.14. The first-order valence-electron chi connectivity index (χ1n) is 10.9. The minimum atomic E-state index is -0.397. The number of rotatable bonds is 5. The van der Waals surface area contributed by atoms with Crippen molar-refractivity contribution >= 4 is 49.9 Å². The average molecular weight is 498 g/mol. The molecule has 0 saturated carbocycles. The molecule has 1 N–H and O–H groups in total. The summed E-state index contributed by atoms with van der Waals surface area (Å²) in [5, 5.41) is 7.26. The summed E-state index contributed by atoms with van der Waals surface area (Å²) in [6.45, 7) is 1.96. The molecule has 5 heterocycles. The van der Waals surface area contributed by atoms with Crippen molar-refractivity contribution in [2.24, 2.45) is 14.1 Å². The van der Waals surface area contributed by atoms with Crippen LogP contribution in [-0.2, 0) is 25.3 Å². The van der Waals surface area contributed by atoms with E-state index in [4.69, 9.17) is 0 Å². The summed E-state index contributed by atoms with van der Waals surface area (Å²) in [5.41, 5.74) is 1.28. The monoisotopic (exact) mass is 497 g/mol. The number of amides is 1. The van der Waals surface area contributed by atoms with Crippen LogP contribution >= 0.6 is 22.7 Å². The Hall–Kier alpha value is -3.38. The summed E-state index contributed by atoms with van der Waals surface area (Å²) in [5.74, 6) is 0.451. The van der Waals surface area contributed by atoms with Gasteiger partial charge in [0.15, 0.2) is 5.13 Å². The van der Waals surface area contributed by atoms with Gasteiger partial charge in [-0.2, -0.15) is 0 Å². The summed E-state index contributed by atoms with van der Waals surface area (Å²) in [6, 6.07) is 0. The number of thiophene rings is 1. The molecule has 1 aliphatic heterocycles. The largest absolute Gasteiger partial charge is 0.341 e. The summed E-state index contributed by atoms with van der Waals surface area (Å²) in [4.78, 5) is 53.7. The lowest BCUT2D eigenvalue weighted by molar-refractivity contribution is -0.115. The van der Waals surface area contributed by atoms with Crippen molar-refractivity contribution in [2.45, 2.75) is 25.7 Å². The van der Waals surface area contributed by atoms with Crippen LogP contribution in [0.1, 0.15) is 24.8 Å². The lowest BCUT2D eigenvalue weighted by Gasteiger charge is -2.26. The Kier molecular flexibility index (Phi) is 6.00. The van der Waals surface area contributed by atoms with E-state index >= 15 is 0 Å². The quantitative estimate of drug-likeness (QED) is 0.450. The number of nitrogens with zero attached hydrogens (tertiary/aromatic N) is 6. The van der Waals surface area contributed by atoms with Gasteiger partial charge in [0, 0.05) is 50.5 Å². The number of nitrogens with one attached hydrogen (secondary N) is 1. The Balaban J connectivity index is 1.29. The molecule has 176 valence electrons. The van der Waals surface area contributed by atoms with Crippen LogP contribution in [0, 0.1) is 0 Å². The average Bonchev–Trinajstić information content (AvgIpc) is 3.49. The van der Waals surface area contributed by atoms with Gasteiger partial charge in [-0.15, -0.1) is 22.7 Å².